The zero-order chi connectivity index (χ0) is 11.7. The van der Waals surface area contributed by atoms with Crippen molar-refractivity contribution in [3.8, 4) is 0 Å². The number of halogens is 3. The molecule has 0 saturated heterocycles. The standard InChI is InChI=1S/C6HF3N2O4/c7-4-2(10(12)13)1-3(11(14)15)5(8)6(4)9/h1H. The van der Waals surface area contributed by atoms with Crippen molar-refractivity contribution in [1.82, 2.24) is 0 Å². The highest BCUT2D eigenvalue weighted by atomic mass is 19.2. The molecule has 80 valence electrons. The third-order valence-electron chi connectivity index (χ3n) is 1.50. The van der Waals surface area contributed by atoms with E-state index in [0.717, 1.165) is 0 Å². The van der Waals surface area contributed by atoms with E-state index in [4.69, 9.17) is 0 Å². The molecule has 0 atom stereocenters. The van der Waals surface area contributed by atoms with Gasteiger partial charge in [-0.3, -0.25) is 20.2 Å². The van der Waals surface area contributed by atoms with Gasteiger partial charge >= 0.3 is 11.4 Å². The summed E-state index contributed by atoms with van der Waals surface area (Å²) in [5.41, 5.74) is -2.97. The van der Waals surface area contributed by atoms with Crippen molar-refractivity contribution in [2.45, 2.75) is 0 Å². The molecule has 0 aliphatic carbocycles. The first kappa shape index (κ1) is 10.9. The maximum absolute atomic E-state index is 12.7. The van der Waals surface area contributed by atoms with Crippen LogP contribution in [0.5, 0.6) is 0 Å². The van der Waals surface area contributed by atoms with Gasteiger partial charge in [-0.2, -0.15) is 13.2 Å². The van der Waals surface area contributed by atoms with Crippen LogP contribution in [-0.2, 0) is 0 Å². The van der Waals surface area contributed by atoms with Crippen molar-refractivity contribution >= 4 is 11.4 Å². The smallest absolute Gasteiger partial charge is 0.258 e. The van der Waals surface area contributed by atoms with Crippen molar-refractivity contribution in [2.24, 2.45) is 0 Å². The molecule has 0 radical (unpaired) electrons. The van der Waals surface area contributed by atoms with Gasteiger partial charge in [0.25, 0.3) is 0 Å². The molecule has 1 aromatic carbocycles. The molecule has 0 aliphatic rings. The summed E-state index contributed by atoms with van der Waals surface area (Å²) in [6, 6.07) is 0.0216. The summed E-state index contributed by atoms with van der Waals surface area (Å²) in [7, 11) is 0. The highest BCUT2D eigenvalue weighted by Gasteiger charge is 2.31. The Hall–Kier alpha value is -2.19. The lowest BCUT2D eigenvalue weighted by Crippen LogP contribution is -2.03. The SMILES string of the molecule is O=[N+]([O-])c1cc([N+](=O)[O-])c(F)c(F)c1F. The van der Waals surface area contributed by atoms with E-state index in [0.29, 0.717) is 0 Å². The van der Waals surface area contributed by atoms with E-state index in [1.165, 1.54) is 0 Å². The number of hydrogen-bond donors (Lipinski definition) is 0. The summed E-state index contributed by atoms with van der Waals surface area (Å²) in [5, 5.41) is 20.2. The second-order valence-electron chi connectivity index (χ2n) is 2.37. The van der Waals surface area contributed by atoms with E-state index >= 15 is 0 Å². The van der Waals surface area contributed by atoms with Gasteiger partial charge in [0.1, 0.15) is 6.07 Å². The molecule has 1 aromatic rings. The normalized spacial score (nSPS) is 10.1. The summed E-state index contributed by atoms with van der Waals surface area (Å²) in [4.78, 5) is 17.5. The van der Waals surface area contributed by atoms with Crippen molar-refractivity contribution < 1.29 is 23.0 Å². The fourth-order valence-electron chi connectivity index (χ4n) is 0.843. The first-order valence-corrected chi connectivity index (χ1v) is 3.32. The molecule has 0 spiro atoms. The maximum atomic E-state index is 12.7. The summed E-state index contributed by atoms with van der Waals surface area (Å²) in [5.74, 6) is -6.37. The first-order valence-electron chi connectivity index (χ1n) is 3.32. The summed E-state index contributed by atoms with van der Waals surface area (Å²) in [6.45, 7) is 0. The van der Waals surface area contributed by atoms with Gasteiger partial charge in [0, 0.05) is 0 Å². The predicted molar refractivity (Wildman–Crippen MR) is 39.6 cm³/mol. The molecular weight excluding hydrogens is 221 g/mol. The molecule has 0 N–H and O–H groups in total. The summed E-state index contributed by atoms with van der Waals surface area (Å²) in [6.07, 6.45) is 0. The predicted octanol–water partition coefficient (Wildman–Crippen LogP) is 1.92. The van der Waals surface area contributed by atoms with E-state index in [1.807, 2.05) is 0 Å². The molecule has 0 amide bonds. The molecule has 0 unspecified atom stereocenters. The van der Waals surface area contributed by atoms with E-state index in [-0.39, 0.29) is 6.07 Å². The average Bonchev–Trinajstić information content (AvgIpc) is 2.13. The number of rotatable bonds is 2. The summed E-state index contributed by atoms with van der Waals surface area (Å²) >= 11 is 0. The zero-order valence-electron chi connectivity index (χ0n) is 6.74. The highest BCUT2D eigenvalue weighted by molar-refractivity contribution is 5.45. The molecular formula is C6HF3N2O4. The Morgan fingerprint density at radius 3 is 1.47 bits per heavy atom. The van der Waals surface area contributed by atoms with Crippen LogP contribution in [-0.4, -0.2) is 9.85 Å². The largest absolute Gasteiger partial charge is 0.314 e. The maximum Gasteiger partial charge on any atom is 0.314 e. The van der Waals surface area contributed by atoms with Gasteiger partial charge in [0.2, 0.25) is 17.5 Å². The Labute approximate surface area is 79.2 Å². The molecule has 0 bridgehead atoms. The van der Waals surface area contributed by atoms with Crippen molar-refractivity contribution in [1.29, 1.82) is 0 Å². The van der Waals surface area contributed by atoms with Crippen molar-refractivity contribution in [2.75, 3.05) is 0 Å². The van der Waals surface area contributed by atoms with Crippen LogP contribution in [0.3, 0.4) is 0 Å². The third-order valence-corrected chi connectivity index (χ3v) is 1.50. The number of nitrogens with zero attached hydrogens (tertiary/aromatic N) is 2. The molecule has 0 aromatic heterocycles. The lowest BCUT2D eigenvalue weighted by Gasteiger charge is -1.98. The van der Waals surface area contributed by atoms with Gasteiger partial charge in [-0.25, -0.2) is 0 Å². The van der Waals surface area contributed by atoms with Crippen molar-refractivity contribution in [3.05, 3.63) is 43.7 Å². The molecule has 9 heteroatoms. The van der Waals surface area contributed by atoms with E-state index < -0.39 is 38.7 Å². The lowest BCUT2D eigenvalue weighted by molar-refractivity contribution is -0.397. The van der Waals surface area contributed by atoms with Gasteiger partial charge < -0.3 is 0 Å². The van der Waals surface area contributed by atoms with E-state index in [2.05, 4.69) is 0 Å². The number of hydrogen-bond acceptors (Lipinski definition) is 4. The van der Waals surface area contributed by atoms with E-state index in [1.54, 1.807) is 0 Å². The quantitative estimate of drug-likeness (QED) is 0.434. The van der Waals surface area contributed by atoms with Crippen LogP contribution in [0.4, 0.5) is 24.5 Å². The molecule has 1 rings (SSSR count). The van der Waals surface area contributed by atoms with Crippen LogP contribution in [0.25, 0.3) is 0 Å². The van der Waals surface area contributed by atoms with Gasteiger partial charge in [0.15, 0.2) is 0 Å². The molecule has 0 aliphatic heterocycles. The Balaban J connectivity index is 3.59. The monoisotopic (exact) mass is 222 g/mol. The Bertz CT molecular complexity index is 424. The minimum absolute atomic E-state index is 0.0216. The number of nitro benzene ring substituents is 2. The van der Waals surface area contributed by atoms with Gasteiger partial charge in [0.05, 0.1) is 9.85 Å². The fraction of sp³-hybridized carbons (Fsp3) is 0. The second kappa shape index (κ2) is 3.52. The minimum Gasteiger partial charge on any atom is -0.258 e. The Kier molecular flexibility index (Phi) is 2.55. The Morgan fingerprint density at radius 2 is 1.20 bits per heavy atom. The highest BCUT2D eigenvalue weighted by Crippen LogP contribution is 2.29. The summed E-state index contributed by atoms with van der Waals surface area (Å²) < 4.78 is 38.0. The van der Waals surface area contributed by atoms with Crippen LogP contribution in [0.1, 0.15) is 0 Å². The molecule has 0 saturated carbocycles. The van der Waals surface area contributed by atoms with Crippen LogP contribution >= 0.6 is 0 Å². The molecule has 15 heavy (non-hydrogen) atoms. The topological polar surface area (TPSA) is 86.3 Å². The van der Waals surface area contributed by atoms with E-state index in [9.17, 15) is 33.4 Å². The molecule has 0 fully saturated rings. The minimum atomic E-state index is -2.24. The molecule has 6 nitrogen and oxygen atoms in total. The molecule has 0 heterocycles. The first-order chi connectivity index (χ1) is 6.86. The van der Waals surface area contributed by atoms with Crippen molar-refractivity contribution in [3.63, 3.8) is 0 Å². The third kappa shape index (κ3) is 1.71. The second-order valence-corrected chi connectivity index (χ2v) is 2.37. The van der Waals surface area contributed by atoms with Crippen LogP contribution in [0.2, 0.25) is 0 Å². The van der Waals surface area contributed by atoms with Crippen LogP contribution in [0, 0.1) is 37.7 Å². The lowest BCUT2D eigenvalue weighted by atomic mass is 10.2. The van der Waals surface area contributed by atoms with Gasteiger partial charge in [-0.1, -0.05) is 0 Å². The number of benzene rings is 1. The fourth-order valence-corrected chi connectivity index (χ4v) is 0.843. The average molecular weight is 222 g/mol. The zero-order valence-corrected chi connectivity index (χ0v) is 6.74. The number of nitro groups is 2. The van der Waals surface area contributed by atoms with Gasteiger partial charge in [-0.05, 0) is 0 Å². The van der Waals surface area contributed by atoms with Crippen LogP contribution in [0.15, 0.2) is 6.07 Å². The van der Waals surface area contributed by atoms with Crippen LogP contribution < -0.4 is 0 Å². The Morgan fingerprint density at radius 1 is 0.867 bits per heavy atom. The van der Waals surface area contributed by atoms with Gasteiger partial charge in [-0.15, -0.1) is 0 Å².